The minimum Gasteiger partial charge on any atom is -0.444 e. The third-order valence-corrected chi connectivity index (χ3v) is 4.73. The quantitative estimate of drug-likeness (QED) is 0.703. The lowest BCUT2D eigenvalue weighted by Gasteiger charge is -2.33. The molecule has 0 aliphatic carbocycles. The summed E-state index contributed by atoms with van der Waals surface area (Å²) in [5, 5.41) is 0. The van der Waals surface area contributed by atoms with Crippen LogP contribution in [0, 0.1) is 0 Å². The molecule has 3 heterocycles. The third-order valence-electron chi connectivity index (χ3n) is 4.73. The average Bonchev–Trinajstić information content (AvgIpc) is 2.91. The van der Waals surface area contributed by atoms with Gasteiger partial charge in [0, 0.05) is 25.3 Å². The second kappa shape index (κ2) is 7.77. The van der Waals surface area contributed by atoms with E-state index in [1.807, 2.05) is 20.8 Å². The number of piperidine rings is 1. The van der Waals surface area contributed by atoms with Crippen LogP contribution in [0.1, 0.15) is 60.4 Å². The number of aromatic nitrogens is 3. The zero-order chi connectivity index (χ0) is 22.3. The van der Waals surface area contributed by atoms with Gasteiger partial charge in [-0.15, -0.1) is 0 Å². The van der Waals surface area contributed by atoms with Crippen molar-refractivity contribution in [1.29, 1.82) is 0 Å². The fourth-order valence-electron chi connectivity index (χ4n) is 3.54. The van der Waals surface area contributed by atoms with Crippen LogP contribution in [-0.4, -0.2) is 55.5 Å². The van der Waals surface area contributed by atoms with Gasteiger partial charge in [-0.25, -0.2) is 14.4 Å². The number of carbonyl (C=O) groups excluding carboxylic acids is 2. The monoisotopic (exact) mass is 418 g/mol. The van der Waals surface area contributed by atoms with Gasteiger partial charge in [-0.1, -0.05) is 0 Å². The van der Waals surface area contributed by atoms with E-state index in [1.54, 1.807) is 42.5 Å². The van der Waals surface area contributed by atoms with E-state index in [0.29, 0.717) is 37.0 Å². The minimum atomic E-state index is -0.730. The second-order valence-corrected chi connectivity index (χ2v) is 9.53. The molecule has 9 heteroatoms. The summed E-state index contributed by atoms with van der Waals surface area (Å²) in [4.78, 5) is 44.0. The molecule has 164 valence electrons. The van der Waals surface area contributed by atoms with E-state index < -0.39 is 23.0 Å². The molecule has 1 saturated heterocycles. The third kappa shape index (κ3) is 4.66. The molecule has 0 bridgehead atoms. The van der Waals surface area contributed by atoms with Crippen LogP contribution in [0.3, 0.4) is 0 Å². The number of rotatable bonds is 1. The number of fused-ring (bicyclic) bond motifs is 1. The number of amides is 1. The molecule has 1 amide bonds. The van der Waals surface area contributed by atoms with E-state index in [-0.39, 0.29) is 12.1 Å². The van der Waals surface area contributed by atoms with Crippen molar-refractivity contribution in [3.05, 3.63) is 28.9 Å². The van der Waals surface area contributed by atoms with Gasteiger partial charge in [0.1, 0.15) is 11.2 Å². The highest BCUT2D eigenvalue weighted by Crippen LogP contribution is 2.26. The van der Waals surface area contributed by atoms with Gasteiger partial charge in [0.25, 0.3) is 0 Å². The van der Waals surface area contributed by atoms with E-state index in [4.69, 9.17) is 9.47 Å². The largest absolute Gasteiger partial charge is 0.444 e. The molecule has 1 aliphatic heterocycles. The maximum atomic E-state index is 13.2. The van der Waals surface area contributed by atoms with Gasteiger partial charge in [-0.3, -0.25) is 9.55 Å². The molecule has 0 unspecified atom stereocenters. The molecule has 0 saturated carbocycles. The first kappa shape index (κ1) is 21.9. The summed E-state index contributed by atoms with van der Waals surface area (Å²) < 4.78 is 13.5. The lowest BCUT2D eigenvalue weighted by Crippen LogP contribution is -2.43. The first-order valence-corrected chi connectivity index (χ1v) is 10.2. The maximum absolute atomic E-state index is 13.2. The average molecular weight is 418 g/mol. The summed E-state index contributed by atoms with van der Waals surface area (Å²) in [6.45, 7) is 11.7. The molecule has 0 spiro atoms. The van der Waals surface area contributed by atoms with Gasteiger partial charge in [-0.2, -0.15) is 4.57 Å². The number of pyridine rings is 1. The summed E-state index contributed by atoms with van der Waals surface area (Å²) in [5.41, 5.74) is -0.712. The first-order valence-electron chi connectivity index (χ1n) is 10.2. The van der Waals surface area contributed by atoms with Crippen molar-refractivity contribution >= 4 is 23.2 Å². The Morgan fingerprint density at radius 1 is 0.967 bits per heavy atom. The first-order chi connectivity index (χ1) is 13.9. The van der Waals surface area contributed by atoms with E-state index in [1.165, 1.54) is 6.20 Å². The zero-order valence-corrected chi connectivity index (χ0v) is 18.5. The number of hydrogen-bond donors (Lipinski definition) is 0. The number of imidazole rings is 1. The van der Waals surface area contributed by atoms with Crippen molar-refractivity contribution in [2.24, 2.45) is 0 Å². The van der Waals surface area contributed by atoms with Crippen molar-refractivity contribution in [3.63, 3.8) is 0 Å². The Morgan fingerprint density at radius 3 is 2.10 bits per heavy atom. The number of ether oxygens (including phenoxy) is 2. The molecule has 0 atom stereocenters. The molecule has 0 N–H and O–H groups in total. The number of hydrogen-bond acceptors (Lipinski definition) is 6. The number of nitrogens with zero attached hydrogens (tertiary/aromatic N) is 4. The Labute approximate surface area is 175 Å². The maximum Gasteiger partial charge on any atom is 0.423 e. The van der Waals surface area contributed by atoms with E-state index in [0.717, 1.165) is 4.57 Å². The summed E-state index contributed by atoms with van der Waals surface area (Å²) in [7, 11) is 0. The van der Waals surface area contributed by atoms with Gasteiger partial charge in [-0.05, 0) is 60.5 Å². The van der Waals surface area contributed by atoms with Gasteiger partial charge in [0.15, 0.2) is 0 Å². The Bertz CT molecular complexity index is 1000. The predicted octanol–water partition coefficient (Wildman–Crippen LogP) is 3.55. The Morgan fingerprint density at radius 2 is 1.53 bits per heavy atom. The van der Waals surface area contributed by atoms with Crippen LogP contribution >= 0.6 is 0 Å². The molecule has 0 aromatic carbocycles. The fraction of sp³-hybridized carbons (Fsp3) is 0.619. The molecule has 3 rings (SSSR count). The van der Waals surface area contributed by atoms with Gasteiger partial charge in [0.05, 0.1) is 17.2 Å². The Balaban J connectivity index is 1.88. The highest BCUT2D eigenvalue weighted by atomic mass is 16.6. The summed E-state index contributed by atoms with van der Waals surface area (Å²) in [6.07, 6.45) is 3.16. The SMILES string of the molecule is CC(C)(C)OC(=O)N1CCC(n2c(=O)n(C(=O)OC(C)(C)C)c3cnccc32)CC1. The van der Waals surface area contributed by atoms with Gasteiger partial charge >= 0.3 is 17.9 Å². The van der Waals surface area contributed by atoms with Crippen LogP contribution in [0.4, 0.5) is 9.59 Å². The van der Waals surface area contributed by atoms with Crippen LogP contribution in [-0.2, 0) is 9.47 Å². The standard InChI is InChI=1S/C21H30N4O5/c1-20(2,3)29-18(27)23-11-8-14(9-12-23)24-15-7-10-22-13-16(15)25(17(24)26)19(28)30-21(4,5)6/h7,10,13-14H,8-9,11-12H2,1-6H3. The lowest BCUT2D eigenvalue weighted by atomic mass is 10.1. The van der Waals surface area contributed by atoms with Crippen LogP contribution < -0.4 is 5.69 Å². The molecule has 30 heavy (non-hydrogen) atoms. The summed E-state index contributed by atoms with van der Waals surface area (Å²) in [5.74, 6) is 0. The smallest absolute Gasteiger partial charge is 0.423 e. The normalized spacial score (nSPS) is 16.0. The zero-order valence-electron chi connectivity index (χ0n) is 18.5. The summed E-state index contributed by atoms with van der Waals surface area (Å²) in [6, 6.07) is 1.57. The minimum absolute atomic E-state index is 0.148. The van der Waals surface area contributed by atoms with Gasteiger partial charge in [0.2, 0.25) is 0 Å². The van der Waals surface area contributed by atoms with E-state index in [9.17, 15) is 14.4 Å². The lowest BCUT2D eigenvalue weighted by molar-refractivity contribution is 0.0189. The Kier molecular flexibility index (Phi) is 5.66. The molecule has 0 radical (unpaired) electrons. The van der Waals surface area contributed by atoms with Crippen LogP contribution in [0.5, 0.6) is 0 Å². The molecular weight excluding hydrogens is 388 g/mol. The van der Waals surface area contributed by atoms with E-state index >= 15 is 0 Å². The predicted molar refractivity (Wildman–Crippen MR) is 112 cm³/mol. The summed E-state index contributed by atoms with van der Waals surface area (Å²) >= 11 is 0. The Hall–Kier alpha value is -2.84. The van der Waals surface area contributed by atoms with Crippen LogP contribution in [0.15, 0.2) is 23.3 Å². The van der Waals surface area contributed by atoms with Crippen LogP contribution in [0.2, 0.25) is 0 Å². The van der Waals surface area contributed by atoms with Crippen LogP contribution in [0.25, 0.3) is 11.0 Å². The fourth-order valence-corrected chi connectivity index (χ4v) is 3.54. The van der Waals surface area contributed by atoms with E-state index in [2.05, 4.69) is 4.98 Å². The molecule has 1 fully saturated rings. The highest BCUT2D eigenvalue weighted by molar-refractivity contribution is 5.86. The van der Waals surface area contributed by atoms with Crippen molar-refractivity contribution in [2.75, 3.05) is 13.1 Å². The molecule has 9 nitrogen and oxygen atoms in total. The topological polar surface area (TPSA) is 95.7 Å². The highest BCUT2D eigenvalue weighted by Gasteiger charge is 2.31. The molecule has 2 aromatic heterocycles. The van der Waals surface area contributed by atoms with Crippen molar-refractivity contribution in [2.45, 2.75) is 71.6 Å². The molecule has 1 aliphatic rings. The molecule has 2 aromatic rings. The van der Waals surface area contributed by atoms with Crippen molar-refractivity contribution in [3.8, 4) is 0 Å². The van der Waals surface area contributed by atoms with Crippen molar-refractivity contribution in [1.82, 2.24) is 19.0 Å². The van der Waals surface area contributed by atoms with Gasteiger partial charge < -0.3 is 14.4 Å². The number of carbonyl (C=O) groups is 2. The molecular formula is C21H30N4O5. The van der Waals surface area contributed by atoms with Crippen molar-refractivity contribution < 1.29 is 19.1 Å². The second-order valence-electron chi connectivity index (χ2n) is 9.53. The number of likely N-dealkylation sites (tertiary alicyclic amines) is 1.